The second kappa shape index (κ2) is 7.86. The Morgan fingerprint density at radius 1 is 1.25 bits per heavy atom. The van der Waals surface area contributed by atoms with Crippen LogP contribution in [0.5, 0.6) is 0 Å². The van der Waals surface area contributed by atoms with Crippen LogP contribution >= 0.6 is 0 Å². The summed E-state index contributed by atoms with van der Waals surface area (Å²) in [6, 6.07) is 10.7. The Bertz CT molecular complexity index is 655. The van der Waals surface area contributed by atoms with Crippen molar-refractivity contribution in [3.63, 3.8) is 0 Å². The van der Waals surface area contributed by atoms with Crippen molar-refractivity contribution in [1.82, 2.24) is 20.2 Å². The molecule has 3 rings (SSSR count). The summed E-state index contributed by atoms with van der Waals surface area (Å²) >= 11 is 0. The van der Waals surface area contributed by atoms with Crippen LogP contribution in [0.4, 0.5) is 5.82 Å². The van der Waals surface area contributed by atoms with Crippen LogP contribution in [0.15, 0.2) is 47.7 Å². The zero-order chi connectivity index (χ0) is 16.8. The van der Waals surface area contributed by atoms with Gasteiger partial charge in [-0.05, 0) is 37.1 Å². The van der Waals surface area contributed by atoms with Gasteiger partial charge in [0.25, 0.3) is 0 Å². The van der Waals surface area contributed by atoms with Crippen LogP contribution in [-0.4, -0.2) is 41.7 Å². The van der Waals surface area contributed by atoms with Gasteiger partial charge in [-0.25, -0.2) is 4.98 Å². The molecular formula is C18H26N6. The fraction of sp³-hybridized carbons (Fsp3) is 0.444. The molecule has 1 aliphatic rings. The Morgan fingerprint density at radius 2 is 2.08 bits per heavy atom. The number of guanidine groups is 1. The van der Waals surface area contributed by atoms with Gasteiger partial charge in [0.15, 0.2) is 5.96 Å². The minimum atomic E-state index is 0.449. The van der Waals surface area contributed by atoms with Gasteiger partial charge >= 0.3 is 0 Å². The van der Waals surface area contributed by atoms with Gasteiger partial charge in [-0.15, -0.1) is 0 Å². The molecule has 1 saturated heterocycles. The van der Waals surface area contributed by atoms with Crippen molar-refractivity contribution in [3.8, 4) is 0 Å². The first kappa shape index (κ1) is 16.4. The zero-order valence-electron chi connectivity index (χ0n) is 14.4. The Labute approximate surface area is 143 Å². The molecule has 3 heterocycles. The van der Waals surface area contributed by atoms with Crippen LogP contribution < -0.4 is 15.5 Å². The molecule has 6 nitrogen and oxygen atoms in total. The normalized spacial score (nSPS) is 16.2. The smallest absolute Gasteiger partial charge is 0.191 e. The van der Waals surface area contributed by atoms with Gasteiger partial charge < -0.3 is 20.1 Å². The van der Waals surface area contributed by atoms with E-state index in [0.29, 0.717) is 6.04 Å². The van der Waals surface area contributed by atoms with E-state index < -0.39 is 0 Å². The molecule has 24 heavy (non-hydrogen) atoms. The highest BCUT2D eigenvalue weighted by Gasteiger charge is 2.20. The van der Waals surface area contributed by atoms with Crippen LogP contribution in [-0.2, 0) is 13.6 Å². The summed E-state index contributed by atoms with van der Waals surface area (Å²) in [6.45, 7) is 2.81. The minimum absolute atomic E-state index is 0.449. The number of hydrogen-bond acceptors (Lipinski definition) is 3. The first-order chi connectivity index (χ1) is 11.8. The van der Waals surface area contributed by atoms with Gasteiger partial charge in [-0.2, -0.15) is 0 Å². The van der Waals surface area contributed by atoms with E-state index in [-0.39, 0.29) is 0 Å². The molecule has 0 aromatic carbocycles. The highest BCUT2D eigenvalue weighted by molar-refractivity contribution is 5.79. The van der Waals surface area contributed by atoms with E-state index in [0.717, 1.165) is 44.3 Å². The van der Waals surface area contributed by atoms with Gasteiger partial charge in [0.05, 0.1) is 6.54 Å². The molecule has 128 valence electrons. The van der Waals surface area contributed by atoms with Gasteiger partial charge in [-0.3, -0.25) is 4.99 Å². The average Bonchev–Trinajstić information content (AvgIpc) is 3.05. The van der Waals surface area contributed by atoms with Gasteiger partial charge in [0, 0.05) is 51.3 Å². The fourth-order valence-electron chi connectivity index (χ4n) is 3.04. The van der Waals surface area contributed by atoms with Crippen molar-refractivity contribution in [2.24, 2.45) is 12.0 Å². The molecule has 0 aliphatic carbocycles. The number of rotatable bonds is 4. The molecule has 0 spiro atoms. The molecule has 0 radical (unpaired) electrons. The molecule has 2 aromatic heterocycles. The van der Waals surface area contributed by atoms with Crippen LogP contribution in [0.1, 0.15) is 18.5 Å². The SMILES string of the molecule is CN=C(NCc1cccn1C)NC1CCN(c2ccccn2)CC1. The maximum Gasteiger partial charge on any atom is 0.191 e. The summed E-state index contributed by atoms with van der Waals surface area (Å²) in [5.74, 6) is 1.94. The molecule has 1 aliphatic heterocycles. The van der Waals surface area contributed by atoms with Crippen LogP contribution in [0.3, 0.4) is 0 Å². The van der Waals surface area contributed by atoms with E-state index in [2.05, 4.69) is 61.5 Å². The molecular weight excluding hydrogens is 300 g/mol. The molecule has 0 amide bonds. The maximum absolute atomic E-state index is 4.44. The minimum Gasteiger partial charge on any atom is -0.356 e. The number of nitrogens with zero attached hydrogens (tertiary/aromatic N) is 4. The van der Waals surface area contributed by atoms with Crippen LogP contribution in [0, 0.1) is 0 Å². The quantitative estimate of drug-likeness (QED) is 0.664. The monoisotopic (exact) mass is 326 g/mol. The molecule has 1 fully saturated rings. The molecule has 2 N–H and O–H groups in total. The maximum atomic E-state index is 4.44. The molecule has 6 heteroatoms. The second-order valence-electron chi connectivity index (χ2n) is 6.13. The predicted octanol–water partition coefficient (Wildman–Crippen LogP) is 1.75. The zero-order valence-corrected chi connectivity index (χ0v) is 14.4. The van der Waals surface area contributed by atoms with Crippen LogP contribution in [0.2, 0.25) is 0 Å². The Hall–Kier alpha value is -2.50. The first-order valence-electron chi connectivity index (χ1n) is 8.49. The first-order valence-corrected chi connectivity index (χ1v) is 8.49. The summed E-state index contributed by atoms with van der Waals surface area (Å²) in [4.78, 5) is 11.1. The molecule has 0 atom stereocenters. The summed E-state index contributed by atoms with van der Waals surface area (Å²) < 4.78 is 2.12. The van der Waals surface area contributed by atoms with E-state index in [1.165, 1.54) is 5.69 Å². The summed E-state index contributed by atoms with van der Waals surface area (Å²) in [7, 11) is 3.88. The molecule has 0 saturated carbocycles. The van der Waals surface area contributed by atoms with Crippen molar-refractivity contribution < 1.29 is 0 Å². The number of hydrogen-bond donors (Lipinski definition) is 2. The van der Waals surface area contributed by atoms with E-state index in [4.69, 9.17) is 0 Å². The lowest BCUT2D eigenvalue weighted by atomic mass is 10.1. The highest BCUT2D eigenvalue weighted by Crippen LogP contribution is 2.17. The van der Waals surface area contributed by atoms with Crippen molar-refractivity contribution in [2.45, 2.75) is 25.4 Å². The van der Waals surface area contributed by atoms with E-state index in [1.54, 1.807) is 0 Å². The van der Waals surface area contributed by atoms with Gasteiger partial charge in [0.1, 0.15) is 5.82 Å². The Kier molecular flexibility index (Phi) is 5.36. The summed E-state index contributed by atoms with van der Waals surface area (Å²) in [5, 5.41) is 6.94. The lowest BCUT2D eigenvalue weighted by Crippen LogP contribution is -2.48. The van der Waals surface area contributed by atoms with E-state index in [9.17, 15) is 0 Å². The van der Waals surface area contributed by atoms with Crippen molar-refractivity contribution in [2.75, 3.05) is 25.0 Å². The number of aliphatic imine (C=N–C) groups is 1. The predicted molar refractivity (Wildman–Crippen MR) is 98.2 cm³/mol. The lowest BCUT2D eigenvalue weighted by Gasteiger charge is -2.33. The molecule has 2 aromatic rings. The van der Waals surface area contributed by atoms with Crippen LogP contribution in [0.25, 0.3) is 0 Å². The molecule has 0 unspecified atom stereocenters. The van der Waals surface area contributed by atoms with Crippen molar-refractivity contribution >= 4 is 11.8 Å². The number of nitrogens with one attached hydrogen (secondary N) is 2. The number of pyridine rings is 1. The lowest BCUT2D eigenvalue weighted by molar-refractivity contribution is 0.459. The fourth-order valence-corrected chi connectivity index (χ4v) is 3.04. The topological polar surface area (TPSA) is 57.5 Å². The third-order valence-electron chi connectivity index (χ3n) is 4.52. The standard InChI is InChI=1S/C18H26N6/c1-19-18(21-14-16-6-5-11-23(16)2)22-15-8-12-24(13-9-15)17-7-3-4-10-20-17/h3-7,10-11,15H,8-9,12-14H2,1-2H3,(H2,19,21,22). The second-order valence-corrected chi connectivity index (χ2v) is 6.13. The Balaban J connectivity index is 1.47. The van der Waals surface area contributed by atoms with Gasteiger partial charge in [-0.1, -0.05) is 6.07 Å². The van der Waals surface area contributed by atoms with Crippen molar-refractivity contribution in [3.05, 3.63) is 48.4 Å². The summed E-state index contributed by atoms with van der Waals surface area (Å²) in [6.07, 6.45) is 6.08. The van der Waals surface area contributed by atoms with E-state index >= 15 is 0 Å². The highest BCUT2D eigenvalue weighted by atomic mass is 15.2. The average molecular weight is 326 g/mol. The number of aromatic nitrogens is 2. The number of piperidine rings is 1. The molecule has 0 bridgehead atoms. The largest absolute Gasteiger partial charge is 0.356 e. The Morgan fingerprint density at radius 3 is 2.71 bits per heavy atom. The number of aryl methyl sites for hydroxylation is 1. The summed E-state index contributed by atoms with van der Waals surface area (Å²) in [5.41, 5.74) is 1.24. The number of anilines is 1. The van der Waals surface area contributed by atoms with E-state index in [1.807, 2.05) is 25.4 Å². The van der Waals surface area contributed by atoms with Crippen molar-refractivity contribution in [1.29, 1.82) is 0 Å². The van der Waals surface area contributed by atoms with Gasteiger partial charge in [0.2, 0.25) is 0 Å². The third kappa shape index (κ3) is 4.07. The third-order valence-corrected chi connectivity index (χ3v) is 4.52.